The van der Waals surface area contributed by atoms with Crippen molar-refractivity contribution in [2.45, 2.75) is 19.1 Å². The number of fused-ring (bicyclic) bond motifs is 1. The highest BCUT2D eigenvalue weighted by atomic mass is 19.1. The fourth-order valence-electron chi connectivity index (χ4n) is 3.35. The Labute approximate surface area is 176 Å². The highest BCUT2D eigenvalue weighted by Gasteiger charge is 2.39. The molecule has 2 heterocycles. The molecule has 3 aromatic rings. The Kier molecular flexibility index (Phi) is 5.55. The van der Waals surface area contributed by atoms with E-state index in [1.807, 2.05) is 18.2 Å². The van der Waals surface area contributed by atoms with Crippen LogP contribution in [-0.4, -0.2) is 11.1 Å². The zero-order chi connectivity index (χ0) is 22.0. The van der Waals surface area contributed by atoms with E-state index in [-0.39, 0.29) is 35.3 Å². The highest BCUT2D eigenvalue weighted by Crippen LogP contribution is 2.41. The van der Waals surface area contributed by atoms with Gasteiger partial charge in [0.2, 0.25) is 17.1 Å². The van der Waals surface area contributed by atoms with Gasteiger partial charge in [0, 0.05) is 6.07 Å². The number of carbonyl (C=O) groups excluding carboxylic acids is 1. The second-order valence-electron chi connectivity index (χ2n) is 6.85. The minimum absolute atomic E-state index is 0.0138. The molecule has 0 aliphatic carbocycles. The smallest absolute Gasteiger partial charge is 0.340 e. The van der Waals surface area contributed by atoms with Gasteiger partial charge in [-0.25, -0.2) is 9.18 Å². The van der Waals surface area contributed by atoms with E-state index in [1.165, 1.54) is 24.3 Å². The highest BCUT2D eigenvalue weighted by molar-refractivity contribution is 5.92. The maximum Gasteiger partial charge on any atom is 0.340 e. The lowest BCUT2D eigenvalue weighted by atomic mass is 9.86. The number of halogens is 1. The van der Waals surface area contributed by atoms with Gasteiger partial charge < -0.3 is 24.7 Å². The molecule has 0 saturated carbocycles. The van der Waals surface area contributed by atoms with E-state index in [4.69, 9.17) is 19.6 Å². The van der Waals surface area contributed by atoms with Gasteiger partial charge in [0.25, 0.3) is 0 Å². The minimum Gasteiger partial charge on any atom is -0.458 e. The van der Waals surface area contributed by atoms with Gasteiger partial charge >= 0.3 is 5.97 Å². The van der Waals surface area contributed by atoms with Gasteiger partial charge in [-0.2, -0.15) is 0 Å². The van der Waals surface area contributed by atoms with Gasteiger partial charge in [-0.1, -0.05) is 42.5 Å². The van der Waals surface area contributed by atoms with Crippen LogP contribution >= 0.6 is 0 Å². The first-order valence-corrected chi connectivity index (χ1v) is 9.39. The number of hydrogen-bond acceptors (Lipinski definition) is 7. The van der Waals surface area contributed by atoms with Crippen LogP contribution in [0.15, 0.2) is 81.3 Å². The molecule has 0 radical (unpaired) electrons. The molecule has 8 heteroatoms. The Hall–Kier alpha value is -3.91. The van der Waals surface area contributed by atoms with Crippen LogP contribution in [-0.2, 0) is 22.7 Å². The molecule has 1 aliphatic heterocycles. The van der Waals surface area contributed by atoms with Gasteiger partial charge in [0.15, 0.2) is 5.76 Å². The Morgan fingerprint density at radius 3 is 2.52 bits per heavy atom. The summed E-state index contributed by atoms with van der Waals surface area (Å²) in [5.41, 5.74) is 6.54. The number of hydrogen-bond donors (Lipinski definition) is 2. The second kappa shape index (κ2) is 8.45. The molecule has 3 N–H and O–H groups in total. The van der Waals surface area contributed by atoms with Gasteiger partial charge in [-0.05, 0) is 23.3 Å². The average Bonchev–Trinajstić information content (AvgIpc) is 2.78. The van der Waals surface area contributed by atoms with Crippen LogP contribution in [0.3, 0.4) is 0 Å². The second-order valence-corrected chi connectivity index (χ2v) is 6.85. The van der Waals surface area contributed by atoms with Gasteiger partial charge in [0.1, 0.15) is 30.4 Å². The SMILES string of the molecule is NC1=C(C(=O)OCc2ccccc2)C(c2ccc(F)cc2)c2oc(CO)cc(=O)c2O1. The lowest BCUT2D eigenvalue weighted by Crippen LogP contribution is -2.30. The summed E-state index contributed by atoms with van der Waals surface area (Å²) in [6.45, 7) is -0.550. The van der Waals surface area contributed by atoms with Crippen LogP contribution in [0.1, 0.15) is 28.6 Å². The topological polar surface area (TPSA) is 112 Å². The largest absolute Gasteiger partial charge is 0.458 e. The molecule has 0 saturated heterocycles. The Morgan fingerprint density at radius 2 is 1.84 bits per heavy atom. The van der Waals surface area contributed by atoms with Crippen molar-refractivity contribution in [3.63, 3.8) is 0 Å². The zero-order valence-electron chi connectivity index (χ0n) is 16.2. The van der Waals surface area contributed by atoms with Crippen molar-refractivity contribution in [1.29, 1.82) is 0 Å². The van der Waals surface area contributed by atoms with Crippen molar-refractivity contribution in [3.8, 4) is 5.75 Å². The van der Waals surface area contributed by atoms with E-state index < -0.39 is 29.7 Å². The molecule has 31 heavy (non-hydrogen) atoms. The lowest BCUT2D eigenvalue weighted by molar-refractivity contribution is -0.140. The normalized spacial score (nSPS) is 15.2. The number of benzene rings is 2. The molecule has 4 rings (SSSR count). The first-order chi connectivity index (χ1) is 15.0. The van der Waals surface area contributed by atoms with E-state index >= 15 is 0 Å². The number of carbonyl (C=O) groups is 1. The van der Waals surface area contributed by atoms with E-state index in [0.717, 1.165) is 11.6 Å². The van der Waals surface area contributed by atoms with Crippen LogP contribution < -0.4 is 15.9 Å². The lowest BCUT2D eigenvalue weighted by Gasteiger charge is -2.27. The number of aliphatic hydroxyl groups is 1. The third kappa shape index (κ3) is 4.06. The number of esters is 1. The standard InChI is InChI=1S/C23H18FNO6/c24-15-8-6-14(7-9-15)18-19(23(28)29-12-13-4-2-1-3-5-13)22(25)31-20-17(27)10-16(11-26)30-21(18)20/h1-10,18,26H,11-12,25H2. The predicted molar refractivity (Wildman–Crippen MR) is 107 cm³/mol. The molecule has 0 amide bonds. The summed E-state index contributed by atoms with van der Waals surface area (Å²) in [6, 6.07) is 15.4. The fraction of sp³-hybridized carbons (Fsp3) is 0.130. The molecule has 158 valence electrons. The third-order valence-electron chi connectivity index (χ3n) is 4.80. The average molecular weight is 423 g/mol. The van der Waals surface area contributed by atoms with Crippen LogP contribution in [0.5, 0.6) is 5.75 Å². The van der Waals surface area contributed by atoms with E-state index in [2.05, 4.69) is 0 Å². The van der Waals surface area contributed by atoms with Crippen molar-refractivity contribution in [3.05, 3.63) is 111 Å². The molecule has 1 aromatic heterocycles. The molecule has 1 atom stereocenters. The Morgan fingerprint density at radius 1 is 1.13 bits per heavy atom. The first kappa shape index (κ1) is 20.4. The van der Waals surface area contributed by atoms with Crippen LogP contribution in [0, 0.1) is 5.82 Å². The maximum absolute atomic E-state index is 13.5. The maximum atomic E-state index is 13.5. The predicted octanol–water partition coefficient (Wildman–Crippen LogP) is 2.71. The van der Waals surface area contributed by atoms with Crippen LogP contribution in [0.4, 0.5) is 4.39 Å². The Bertz CT molecular complexity index is 1200. The molecular weight excluding hydrogens is 405 g/mol. The fourth-order valence-corrected chi connectivity index (χ4v) is 3.35. The number of ether oxygens (including phenoxy) is 2. The number of rotatable bonds is 5. The minimum atomic E-state index is -0.994. The van der Waals surface area contributed by atoms with Crippen molar-refractivity contribution in [2.75, 3.05) is 0 Å². The monoisotopic (exact) mass is 423 g/mol. The molecule has 1 aliphatic rings. The van der Waals surface area contributed by atoms with Crippen molar-refractivity contribution < 1.29 is 28.2 Å². The van der Waals surface area contributed by atoms with Crippen LogP contribution in [0.2, 0.25) is 0 Å². The summed E-state index contributed by atoms with van der Waals surface area (Å²) in [5.74, 6) is -2.81. The van der Waals surface area contributed by atoms with Gasteiger partial charge in [-0.3, -0.25) is 4.79 Å². The Balaban J connectivity index is 1.78. The summed E-state index contributed by atoms with van der Waals surface area (Å²) in [5, 5.41) is 9.44. The van der Waals surface area contributed by atoms with Crippen molar-refractivity contribution in [2.24, 2.45) is 5.73 Å². The van der Waals surface area contributed by atoms with Crippen molar-refractivity contribution in [1.82, 2.24) is 0 Å². The summed E-state index contributed by atoms with van der Waals surface area (Å²) in [7, 11) is 0. The van der Waals surface area contributed by atoms with Gasteiger partial charge in [-0.15, -0.1) is 0 Å². The molecule has 2 aromatic carbocycles. The number of aliphatic hydroxyl groups excluding tert-OH is 1. The molecule has 0 fully saturated rings. The van der Waals surface area contributed by atoms with E-state index in [0.29, 0.717) is 5.56 Å². The first-order valence-electron chi connectivity index (χ1n) is 9.39. The van der Waals surface area contributed by atoms with Crippen LogP contribution in [0.25, 0.3) is 0 Å². The van der Waals surface area contributed by atoms with E-state index in [1.54, 1.807) is 12.1 Å². The zero-order valence-corrected chi connectivity index (χ0v) is 16.2. The van der Waals surface area contributed by atoms with Gasteiger partial charge in [0.05, 0.1) is 5.92 Å². The summed E-state index contributed by atoms with van der Waals surface area (Å²) in [4.78, 5) is 25.5. The summed E-state index contributed by atoms with van der Waals surface area (Å²) in [6.07, 6.45) is 0. The molecule has 0 bridgehead atoms. The molecule has 0 spiro atoms. The summed E-state index contributed by atoms with van der Waals surface area (Å²) < 4.78 is 30.0. The van der Waals surface area contributed by atoms with E-state index in [9.17, 15) is 19.1 Å². The molecule has 1 unspecified atom stereocenters. The molecule has 7 nitrogen and oxygen atoms in total. The molecular formula is C23H18FNO6. The number of nitrogens with two attached hydrogens (primary N) is 1. The summed E-state index contributed by atoms with van der Waals surface area (Å²) >= 11 is 0. The third-order valence-corrected chi connectivity index (χ3v) is 4.80. The van der Waals surface area contributed by atoms with Crippen molar-refractivity contribution >= 4 is 5.97 Å². The quantitative estimate of drug-likeness (QED) is 0.607.